The van der Waals surface area contributed by atoms with E-state index in [-0.39, 0.29) is 0 Å². The number of alkyl halides is 1. The molecule has 0 amide bonds. The number of likely N-dealkylation sites (tertiary alicyclic amines) is 1. The third kappa shape index (κ3) is 3.94. The Bertz CT molecular complexity index is 345. The van der Waals surface area contributed by atoms with E-state index in [0.717, 1.165) is 29.8 Å². The molecule has 0 aliphatic carbocycles. The molecule has 1 saturated heterocycles. The lowest BCUT2D eigenvalue weighted by atomic mass is 9.94. The first-order valence-electron chi connectivity index (χ1n) is 6.12. The molecule has 4 heteroatoms. The van der Waals surface area contributed by atoms with E-state index in [1.165, 1.54) is 12.8 Å². The normalized spacial score (nSPS) is 20.4. The molecule has 1 atom stereocenters. The topological polar surface area (TPSA) is 16.1 Å². The highest BCUT2D eigenvalue weighted by Crippen LogP contribution is 2.24. The van der Waals surface area contributed by atoms with Gasteiger partial charge in [0.2, 0.25) is 0 Å². The summed E-state index contributed by atoms with van der Waals surface area (Å²) in [5.41, 5.74) is 1.14. The molecule has 2 rings (SSSR count). The number of hydrogen-bond acceptors (Lipinski definition) is 2. The van der Waals surface area contributed by atoms with Gasteiger partial charge in [-0.25, -0.2) is 0 Å². The molecule has 94 valence electrons. The summed E-state index contributed by atoms with van der Waals surface area (Å²) in [6.07, 6.45) is 4.28. The predicted molar refractivity (Wildman–Crippen MR) is 75.3 cm³/mol. The molecule has 2 heterocycles. The van der Waals surface area contributed by atoms with Crippen LogP contribution in [-0.2, 0) is 6.54 Å². The van der Waals surface area contributed by atoms with E-state index in [0.29, 0.717) is 11.3 Å². The molecule has 1 unspecified atom stereocenters. The van der Waals surface area contributed by atoms with Crippen molar-refractivity contribution in [1.82, 2.24) is 9.88 Å². The molecule has 0 bridgehead atoms. The third-order valence-electron chi connectivity index (χ3n) is 3.46. The van der Waals surface area contributed by atoms with Gasteiger partial charge in [0.05, 0.1) is 5.69 Å². The zero-order valence-corrected chi connectivity index (χ0v) is 12.4. The zero-order chi connectivity index (χ0) is 12.3. The number of nitrogens with zero attached hydrogens (tertiary/aromatic N) is 2. The minimum Gasteiger partial charge on any atom is -0.297 e. The van der Waals surface area contributed by atoms with E-state index >= 15 is 0 Å². The van der Waals surface area contributed by atoms with Crippen molar-refractivity contribution < 1.29 is 0 Å². The fourth-order valence-corrected chi connectivity index (χ4v) is 2.79. The Hall–Kier alpha value is -0.120. The van der Waals surface area contributed by atoms with Gasteiger partial charge in [-0.1, -0.05) is 0 Å². The molecule has 0 N–H and O–H groups in total. The highest BCUT2D eigenvalue weighted by atomic mass is 79.9. The number of rotatable bonds is 3. The average molecular weight is 318 g/mol. The standard InChI is InChI=1S/C13H18BrClN2/c1-10(15)11-4-6-17(7-5-11)9-13-3-2-12(14)8-16-13/h2-3,8,10-11H,4-7,9H2,1H3. The predicted octanol–water partition coefficient (Wildman–Crippen LogP) is 3.68. The molecule has 1 aliphatic heterocycles. The van der Waals surface area contributed by atoms with E-state index in [1.807, 2.05) is 6.20 Å². The van der Waals surface area contributed by atoms with Gasteiger partial charge in [0.25, 0.3) is 0 Å². The molecule has 1 aromatic rings. The fraction of sp³-hybridized carbons (Fsp3) is 0.615. The molecular formula is C13H18BrClN2. The van der Waals surface area contributed by atoms with Crippen molar-refractivity contribution >= 4 is 27.5 Å². The van der Waals surface area contributed by atoms with Crippen LogP contribution in [0, 0.1) is 5.92 Å². The summed E-state index contributed by atoms with van der Waals surface area (Å²) in [4.78, 5) is 6.88. The van der Waals surface area contributed by atoms with Crippen LogP contribution in [0.15, 0.2) is 22.8 Å². The molecule has 17 heavy (non-hydrogen) atoms. The second-order valence-electron chi connectivity index (χ2n) is 4.76. The van der Waals surface area contributed by atoms with Crippen LogP contribution in [0.25, 0.3) is 0 Å². The Morgan fingerprint density at radius 1 is 1.47 bits per heavy atom. The van der Waals surface area contributed by atoms with Gasteiger partial charge in [-0.15, -0.1) is 11.6 Å². The van der Waals surface area contributed by atoms with Crippen molar-refractivity contribution in [2.75, 3.05) is 13.1 Å². The van der Waals surface area contributed by atoms with Crippen LogP contribution in [0.4, 0.5) is 0 Å². The SMILES string of the molecule is CC(Cl)C1CCN(Cc2ccc(Br)cn2)CC1. The minimum atomic E-state index is 0.308. The Balaban J connectivity index is 1.84. The largest absolute Gasteiger partial charge is 0.297 e. The average Bonchev–Trinajstić information content (AvgIpc) is 2.33. The summed E-state index contributed by atoms with van der Waals surface area (Å²) < 4.78 is 1.04. The van der Waals surface area contributed by atoms with E-state index in [9.17, 15) is 0 Å². The quantitative estimate of drug-likeness (QED) is 0.791. The fourth-order valence-electron chi connectivity index (χ4n) is 2.30. The van der Waals surface area contributed by atoms with Gasteiger partial charge in [0.15, 0.2) is 0 Å². The Labute approximate surface area is 116 Å². The summed E-state index contributed by atoms with van der Waals surface area (Å²) in [6.45, 7) is 5.34. The van der Waals surface area contributed by atoms with E-state index < -0.39 is 0 Å². The molecular weight excluding hydrogens is 300 g/mol. The summed E-state index contributed by atoms with van der Waals surface area (Å²) in [7, 11) is 0. The Kier molecular flexibility index (Phi) is 4.83. The molecule has 2 nitrogen and oxygen atoms in total. The first kappa shape index (κ1) is 13.3. The lowest BCUT2D eigenvalue weighted by Crippen LogP contribution is -2.35. The Morgan fingerprint density at radius 2 is 2.18 bits per heavy atom. The number of piperidine rings is 1. The third-order valence-corrected chi connectivity index (χ3v) is 4.28. The van der Waals surface area contributed by atoms with Gasteiger partial charge in [-0.2, -0.15) is 0 Å². The summed E-state index contributed by atoms with van der Waals surface area (Å²) in [5, 5.41) is 0.308. The maximum absolute atomic E-state index is 6.15. The summed E-state index contributed by atoms with van der Waals surface area (Å²) in [6, 6.07) is 4.14. The lowest BCUT2D eigenvalue weighted by Gasteiger charge is -2.32. The molecule has 1 aliphatic rings. The van der Waals surface area contributed by atoms with Crippen molar-refractivity contribution in [3.8, 4) is 0 Å². The molecule has 1 fully saturated rings. The van der Waals surface area contributed by atoms with Gasteiger partial charge >= 0.3 is 0 Å². The van der Waals surface area contributed by atoms with Crippen molar-refractivity contribution in [3.05, 3.63) is 28.5 Å². The van der Waals surface area contributed by atoms with Gasteiger partial charge in [0, 0.05) is 22.6 Å². The second kappa shape index (κ2) is 6.17. The van der Waals surface area contributed by atoms with Gasteiger partial charge in [-0.3, -0.25) is 9.88 Å². The summed E-state index contributed by atoms with van der Waals surface area (Å²) >= 11 is 9.55. The van der Waals surface area contributed by atoms with Gasteiger partial charge in [-0.05, 0) is 66.8 Å². The van der Waals surface area contributed by atoms with Crippen LogP contribution in [0.2, 0.25) is 0 Å². The first-order valence-corrected chi connectivity index (χ1v) is 7.35. The van der Waals surface area contributed by atoms with Crippen molar-refractivity contribution in [2.45, 2.75) is 31.7 Å². The van der Waals surface area contributed by atoms with Gasteiger partial charge < -0.3 is 0 Å². The first-order chi connectivity index (χ1) is 8.15. The number of pyridine rings is 1. The van der Waals surface area contributed by atoms with Crippen molar-refractivity contribution in [3.63, 3.8) is 0 Å². The number of hydrogen-bond donors (Lipinski definition) is 0. The van der Waals surface area contributed by atoms with Crippen molar-refractivity contribution in [1.29, 1.82) is 0 Å². The van der Waals surface area contributed by atoms with E-state index in [2.05, 4.69) is 44.9 Å². The van der Waals surface area contributed by atoms with Crippen LogP contribution in [0.5, 0.6) is 0 Å². The molecule has 0 spiro atoms. The van der Waals surface area contributed by atoms with Crippen LogP contribution >= 0.6 is 27.5 Å². The Morgan fingerprint density at radius 3 is 2.71 bits per heavy atom. The van der Waals surface area contributed by atoms with Crippen LogP contribution < -0.4 is 0 Å². The molecule has 0 radical (unpaired) electrons. The van der Waals surface area contributed by atoms with Crippen LogP contribution in [0.3, 0.4) is 0 Å². The lowest BCUT2D eigenvalue weighted by molar-refractivity contribution is 0.175. The maximum atomic E-state index is 6.15. The monoisotopic (exact) mass is 316 g/mol. The number of aromatic nitrogens is 1. The smallest absolute Gasteiger partial charge is 0.0544 e. The molecule has 0 saturated carbocycles. The minimum absolute atomic E-state index is 0.308. The van der Waals surface area contributed by atoms with Crippen molar-refractivity contribution in [2.24, 2.45) is 5.92 Å². The zero-order valence-electron chi connectivity index (χ0n) is 10.1. The van der Waals surface area contributed by atoms with Gasteiger partial charge in [0.1, 0.15) is 0 Å². The maximum Gasteiger partial charge on any atom is 0.0544 e. The number of halogens is 2. The molecule has 1 aromatic heterocycles. The second-order valence-corrected chi connectivity index (χ2v) is 6.36. The van der Waals surface area contributed by atoms with Crippen LogP contribution in [-0.4, -0.2) is 28.4 Å². The van der Waals surface area contributed by atoms with E-state index in [1.54, 1.807) is 0 Å². The molecule has 0 aromatic carbocycles. The van der Waals surface area contributed by atoms with Crippen LogP contribution in [0.1, 0.15) is 25.5 Å². The highest BCUT2D eigenvalue weighted by molar-refractivity contribution is 9.10. The highest BCUT2D eigenvalue weighted by Gasteiger charge is 2.22. The van der Waals surface area contributed by atoms with E-state index in [4.69, 9.17) is 11.6 Å². The summed E-state index contributed by atoms with van der Waals surface area (Å²) in [5.74, 6) is 0.686.